The van der Waals surface area contributed by atoms with Gasteiger partial charge < -0.3 is 16.3 Å². The Bertz CT molecular complexity index is 292. The van der Waals surface area contributed by atoms with Gasteiger partial charge in [-0.25, -0.2) is 0 Å². The van der Waals surface area contributed by atoms with E-state index in [-0.39, 0.29) is 23.7 Å². The molecular weight excluding hydrogens is 230 g/mol. The molecule has 0 bridgehead atoms. The average molecular weight is 255 g/mol. The number of carbonyl (C=O) groups is 1. The summed E-state index contributed by atoms with van der Waals surface area (Å²) < 4.78 is 0. The van der Waals surface area contributed by atoms with Gasteiger partial charge >= 0.3 is 0 Å². The number of amidine groups is 1. The number of nitrogens with zero attached hydrogens (tertiary/aromatic N) is 1. The minimum atomic E-state index is -0.00501. The molecule has 0 saturated heterocycles. The first kappa shape index (κ1) is 14.8. The second-order valence-electron chi connectivity index (χ2n) is 5.05. The molecule has 1 aliphatic carbocycles. The Morgan fingerprint density at radius 3 is 2.83 bits per heavy atom. The van der Waals surface area contributed by atoms with E-state index in [0.29, 0.717) is 6.42 Å². The van der Waals surface area contributed by atoms with Crippen molar-refractivity contribution in [3.63, 3.8) is 0 Å². The van der Waals surface area contributed by atoms with Crippen LogP contribution in [0.2, 0.25) is 0 Å². The largest absolute Gasteiger partial charge is 0.409 e. The molecule has 18 heavy (non-hydrogen) atoms. The quantitative estimate of drug-likeness (QED) is 0.214. The van der Waals surface area contributed by atoms with Crippen molar-refractivity contribution in [2.24, 2.45) is 16.8 Å². The Kier molecular flexibility index (Phi) is 6.54. The molecule has 4 N–H and O–H groups in total. The lowest BCUT2D eigenvalue weighted by Gasteiger charge is -2.19. The van der Waals surface area contributed by atoms with Crippen LogP contribution < -0.4 is 11.1 Å². The molecule has 1 fully saturated rings. The van der Waals surface area contributed by atoms with E-state index in [1.54, 1.807) is 0 Å². The highest BCUT2D eigenvalue weighted by Crippen LogP contribution is 2.25. The van der Waals surface area contributed by atoms with Crippen molar-refractivity contribution in [2.45, 2.75) is 64.3 Å². The Hall–Kier alpha value is -1.26. The van der Waals surface area contributed by atoms with E-state index in [4.69, 9.17) is 10.9 Å². The Morgan fingerprint density at radius 2 is 2.17 bits per heavy atom. The average Bonchev–Trinajstić information content (AvgIpc) is 2.82. The maximum Gasteiger partial charge on any atom is 0.220 e. The van der Waals surface area contributed by atoms with Crippen molar-refractivity contribution in [3.05, 3.63) is 0 Å². The molecule has 1 rings (SSSR count). The highest BCUT2D eigenvalue weighted by Gasteiger charge is 2.31. The van der Waals surface area contributed by atoms with Crippen LogP contribution in [-0.2, 0) is 4.79 Å². The number of amides is 1. The van der Waals surface area contributed by atoms with Gasteiger partial charge in [-0.2, -0.15) is 0 Å². The summed E-state index contributed by atoms with van der Waals surface area (Å²) >= 11 is 0. The fraction of sp³-hybridized carbons (Fsp3) is 0.846. The molecule has 2 atom stereocenters. The van der Waals surface area contributed by atoms with Crippen molar-refractivity contribution >= 4 is 11.7 Å². The first-order valence-electron chi connectivity index (χ1n) is 6.95. The second-order valence-corrected chi connectivity index (χ2v) is 5.05. The molecule has 5 heteroatoms. The van der Waals surface area contributed by atoms with Gasteiger partial charge in [-0.05, 0) is 19.3 Å². The molecule has 0 aromatic rings. The van der Waals surface area contributed by atoms with Crippen LogP contribution in [0.3, 0.4) is 0 Å². The summed E-state index contributed by atoms with van der Waals surface area (Å²) in [6, 6.07) is 0.0413. The van der Waals surface area contributed by atoms with Crippen molar-refractivity contribution in [1.29, 1.82) is 0 Å². The Morgan fingerprint density at radius 1 is 1.39 bits per heavy atom. The summed E-state index contributed by atoms with van der Waals surface area (Å²) in [5, 5.41) is 14.8. The van der Waals surface area contributed by atoms with E-state index in [0.717, 1.165) is 32.1 Å². The molecule has 0 spiro atoms. The molecule has 0 heterocycles. The molecule has 104 valence electrons. The fourth-order valence-corrected chi connectivity index (χ4v) is 2.55. The first-order valence-corrected chi connectivity index (χ1v) is 6.95. The van der Waals surface area contributed by atoms with Crippen LogP contribution >= 0.6 is 0 Å². The van der Waals surface area contributed by atoms with Gasteiger partial charge in [-0.1, -0.05) is 37.8 Å². The predicted octanol–water partition coefficient (Wildman–Crippen LogP) is 1.99. The summed E-state index contributed by atoms with van der Waals surface area (Å²) in [6.07, 6.45) is 7.82. The van der Waals surface area contributed by atoms with Gasteiger partial charge in [0, 0.05) is 18.4 Å². The van der Waals surface area contributed by atoms with Crippen LogP contribution in [0.15, 0.2) is 5.16 Å². The zero-order valence-corrected chi connectivity index (χ0v) is 11.2. The second kappa shape index (κ2) is 7.95. The van der Waals surface area contributed by atoms with Crippen LogP contribution in [0.4, 0.5) is 0 Å². The third kappa shape index (κ3) is 4.55. The minimum absolute atomic E-state index is 0.00501. The summed E-state index contributed by atoms with van der Waals surface area (Å²) in [6.45, 7) is 2.15. The minimum Gasteiger partial charge on any atom is -0.409 e. The number of unbranched alkanes of at least 4 members (excludes halogenated alkanes) is 3. The van der Waals surface area contributed by atoms with Gasteiger partial charge in [0.15, 0.2) is 0 Å². The van der Waals surface area contributed by atoms with E-state index in [2.05, 4.69) is 17.4 Å². The van der Waals surface area contributed by atoms with Crippen molar-refractivity contribution in [3.8, 4) is 0 Å². The molecule has 1 saturated carbocycles. The summed E-state index contributed by atoms with van der Waals surface area (Å²) in [5.41, 5.74) is 5.63. The van der Waals surface area contributed by atoms with Crippen LogP contribution in [0.5, 0.6) is 0 Å². The van der Waals surface area contributed by atoms with E-state index in [1.807, 2.05) is 0 Å². The lowest BCUT2D eigenvalue weighted by molar-refractivity contribution is -0.122. The number of rotatable bonds is 7. The third-order valence-electron chi connectivity index (χ3n) is 3.62. The lowest BCUT2D eigenvalue weighted by atomic mass is 10.0. The molecule has 1 amide bonds. The van der Waals surface area contributed by atoms with Gasteiger partial charge in [-0.15, -0.1) is 0 Å². The van der Waals surface area contributed by atoms with Gasteiger partial charge in [0.1, 0.15) is 5.84 Å². The van der Waals surface area contributed by atoms with E-state index < -0.39 is 0 Å². The normalized spacial score (nSPS) is 24.2. The zero-order valence-electron chi connectivity index (χ0n) is 11.2. The number of hydrogen-bond acceptors (Lipinski definition) is 3. The van der Waals surface area contributed by atoms with Crippen molar-refractivity contribution in [2.75, 3.05) is 0 Å². The van der Waals surface area contributed by atoms with Crippen LogP contribution in [0.1, 0.15) is 58.3 Å². The molecular formula is C13H25N3O2. The summed E-state index contributed by atoms with van der Waals surface area (Å²) in [5.74, 6) is 0.326. The van der Waals surface area contributed by atoms with Gasteiger partial charge in [0.25, 0.3) is 0 Å². The van der Waals surface area contributed by atoms with Crippen molar-refractivity contribution < 1.29 is 10.0 Å². The molecule has 0 aliphatic heterocycles. The van der Waals surface area contributed by atoms with Gasteiger partial charge in [0.05, 0.1) is 0 Å². The Labute approximate surface area is 109 Å². The Balaban J connectivity index is 2.30. The topological polar surface area (TPSA) is 87.7 Å². The standard InChI is InChI=1S/C13H25N3O2/c1-2-3-4-5-9-12(17)15-11-8-6-7-10(11)13(14)16-18/h10-11,18H,2-9H2,1H3,(H2,14,16)(H,15,17). The number of carbonyl (C=O) groups excluding carboxylic acids is 1. The van der Waals surface area contributed by atoms with Gasteiger partial charge in [0.2, 0.25) is 5.91 Å². The zero-order chi connectivity index (χ0) is 13.4. The number of nitrogens with one attached hydrogen (secondary N) is 1. The number of hydrogen-bond donors (Lipinski definition) is 3. The van der Waals surface area contributed by atoms with Crippen LogP contribution in [0, 0.1) is 5.92 Å². The number of nitrogens with two attached hydrogens (primary N) is 1. The molecule has 0 aromatic heterocycles. The van der Waals surface area contributed by atoms with E-state index in [9.17, 15) is 4.79 Å². The maximum atomic E-state index is 11.8. The molecule has 1 aliphatic rings. The number of oxime groups is 1. The summed E-state index contributed by atoms with van der Waals surface area (Å²) in [7, 11) is 0. The molecule has 0 aromatic carbocycles. The van der Waals surface area contributed by atoms with Gasteiger partial charge in [-0.3, -0.25) is 4.79 Å². The molecule has 5 nitrogen and oxygen atoms in total. The molecule has 0 radical (unpaired) electrons. The highest BCUT2D eigenvalue weighted by atomic mass is 16.4. The SMILES string of the molecule is CCCCCCC(=O)NC1CCCC1C(N)=NO. The van der Waals surface area contributed by atoms with Crippen molar-refractivity contribution in [1.82, 2.24) is 5.32 Å². The molecule has 2 unspecified atom stereocenters. The predicted molar refractivity (Wildman–Crippen MR) is 71.4 cm³/mol. The smallest absolute Gasteiger partial charge is 0.220 e. The summed E-state index contributed by atoms with van der Waals surface area (Å²) in [4.78, 5) is 11.8. The van der Waals surface area contributed by atoms with E-state index >= 15 is 0 Å². The fourth-order valence-electron chi connectivity index (χ4n) is 2.55. The highest BCUT2D eigenvalue weighted by molar-refractivity contribution is 5.84. The lowest BCUT2D eigenvalue weighted by Crippen LogP contribution is -2.42. The first-order chi connectivity index (χ1) is 8.69. The van der Waals surface area contributed by atoms with Crippen LogP contribution in [0.25, 0.3) is 0 Å². The van der Waals surface area contributed by atoms with E-state index in [1.165, 1.54) is 12.8 Å². The maximum absolute atomic E-state index is 11.8. The van der Waals surface area contributed by atoms with Crippen LogP contribution in [-0.4, -0.2) is 23.0 Å². The third-order valence-corrected chi connectivity index (χ3v) is 3.62. The monoisotopic (exact) mass is 255 g/mol.